The van der Waals surface area contributed by atoms with E-state index in [0.717, 1.165) is 4.88 Å². The summed E-state index contributed by atoms with van der Waals surface area (Å²) in [5.41, 5.74) is -0.410. The van der Waals surface area contributed by atoms with Gasteiger partial charge in [-0.25, -0.2) is 9.78 Å². The van der Waals surface area contributed by atoms with Crippen molar-refractivity contribution < 1.29 is 18.7 Å². The Bertz CT molecular complexity index is 1040. The first-order valence-electron chi connectivity index (χ1n) is 8.34. The minimum atomic E-state index is -0.647. The number of carbonyl (C=O) groups is 2. The highest BCUT2D eigenvalue weighted by Gasteiger charge is 2.24. The van der Waals surface area contributed by atoms with Gasteiger partial charge >= 0.3 is 5.97 Å². The smallest absolute Gasteiger partial charge is 0.342 e. The number of hydrogen-bond acceptors (Lipinski definition) is 7. The van der Waals surface area contributed by atoms with Gasteiger partial charge in [0.15, 0.2) is 0 Å². The Balaban J connectivity index is 1.90. The molecule has 3 heterocycles. The fourth-order valence-electron chi connectivity index (χ4n) is 2.69. The zero-order valence-electron chi connectivity index (χ0n) is 15.2. The second-order valence-electron chi connectivity index (χ2n) is 5.94. The Morgan fingerprint density at radius 2 is 2.19 bits per heavy atom. The van der Waals surface area contributed by atoms with Gasteiger partial charge in [0.05, 0.1) is 13.2 Å². The third-order valence-electron chi connectivity index (χ3n) is 4.04. The molecule has 3 aromatic rings. The van der Waals surface area contributed by atoms with Gasteiger partial charge in [0.2, 0.25) is 11.6 Å². The van der Waals surface area contributed by atoms with E-state index in [1.54, 1.807) is 32.2 Å². The molecule has 142 valence electrons. The standard InChI is InChI=1S/C18H19N3O5S/c1-4-25-18(24)14-11(2)26-16-15(14)17(23)21(10-19-16)9-13(22)20(3)8-12-6-5-7-27-12/h5-7,10H,4,8-9H2,1-3H3. The van der Waals surface area contributed by atoms with Crippen molar-refractivity contribution in [2.45, 2.75) is 26.9 Å². The van der Waals surface area contributed by atoms with Crippen LogP contribution in [0, 0.1) is 6.92 Å². The Labute approximate surface area is 159 Å². The molecule has 0 radical (unpaired) electrons. The van der Waals surface area contributed by atoms with Crippen LogP contribution in [-0.4, -0.2) is 40.0 Å². The summed E-state index contributed by atoms with van der Waals surface area (Å²) in [6, 6.07) is 3.85. The molecule has 9 heteroatoms. The van der Waals surface area contributed by atoms with Crippen LogP contribution in [0.2, 0.25) is 0 Å². The molecule has 0 saturated carbocycles. The summed E-state index contributed by atoms with van der Waals surface area (Å²) in [4.78, 5) is 44.1. The number of amides is 1. The van der Waals surface area contributed by atoms with Crippen LogP contribution in [0.25, 0.3) is 11.1 Å². The van der Waals surface area contributed by atoms with Crippen LogP contribution >= 0.6 is 11.3 Å². The molecule has 1 amide bonds. The van der Waals surface area contributed by atoms with E-state index >= 15 is 0 Å². The van der Waals surface area contributed by atoms with Gasteiger partial charge in [-0.15, -0.1) is 11.3 Å². The summed E-state index contributed by atoms with van der Waals surface area (Å²) < 4.78 is 11.6. The summed E-state index contributed by atoms with van der Waals surface area (Å²) in [6.45, 7) is 3.69. The maximum atomic E-state index is 12.8. The molecule has 0 fully saturated rings. The number of fused-ring (bicyclic) bond motifs is 1. The molecular weight excluding hydrogens is 370 g/mol. The maximum Gasteiger partial charge on any atom is 0.342 e. The summed E-state index contributed by atoms with van der Waals surface area (Å²) >= 11 is 1.55. The van der Waals surface area contributed by atoms with E-state index in [4.69, 9.17) is 9.15 Å². The van der Waals surface area contributed by atoms with E-state index in [1.807, 2.05) is 17.5 Å². The van der Waals surface area contributed by atoms with Crippen molar-refractivity contribution in [3.05, 3.63) is 50.4 Å². The number of likely N-dealkylation sites (N-methyl/N-ethyl adjacent to an activating group) is 1. The molecule has 0 saturated heterocycles. The SMILES string of the molecule is CCOC(=O)c1c(C)oc2ncn(CC(=O)N(C)Cc3cccs3)c(=O)c12. The summed E-state index contributed by atoms with van der Waals surface area (Å²) in [6.07, 6.45) is 1.25. The van der Waals surface area contributed by atoms with Gasteiger partial charge in [0.1, 0.15) is 29.6 Å². The second kappa shape index (κ2) is 7.75. The van der Waals surface area contributed by atoms with Crippen molar-refractivity contribution in [2.24, 2.45) is 0 Å². The third kappa shape index (κ3) is 3.77. The van der Waals surface area contributed by atoms with E-state index in [2.05, 4.69) is 4.98 Å². The molecular formula is C18H19N3O5S. The lowest BCUT2D eigenvalue weighted by atomic mass is 10.2. The van der Waals surface area contributed by atoms with E-state index < -0.39 is 11.5 Å². The molecule has 3 rings (SSSR count). The highest BCUT2D eigenvalue weighted by molar-refractivity contribution is 7.09. The van der Waals surface area contributed by atoms with Gasteiger partial charge in [-0.3, -0.25) is 14.2 Å². The van der Waals surface area contributed by atoms with E-state index in [1.165, 1.54) is 15.8 Å². The molecule has 3 aromatic heterocycles. The minimum absolute atomic E-state index is 0.0298. The molecule has 27 heavy (non-hydrogen) atoms. The zero-order valence-corrected chi connectivity index (χ0v) is 16.0. The molecule has 0 spiro atoms. The average Bonchev–Trinajstić information content (AvgIpc) is 3.24. The number of rotatable bonds is 6. The summed E-state index contributed by atoms with van der Waals surface area (Å²) in [7, 11) is 1.67. The Kier molecular flexibility index (Phi) is 5.41. The van der Waals surface area contributed by atoms with Crippen molar-refractivity contribution in [1.82, 2.24) is 14.5 Å². The topological polar surface area (TPSA) is 94.6 Å². The molecule has 0 aromatic carbocycles. The summed E-state index contributed by atoms with van der Waals surface area (Å²) in [5.74, 6) is -0.636. The molecule has 0 atom stereocenters. The number of aryl methyl sites for hydroxylation is 1. The molecule has 0 unspecified atom stereocenters. The van der Waals surface area contributed by atoms with Crippen molar-refractivity contribution in [3.63, 3.8) is 0 Å². The Morgan fingerprint density at radius 3 is 2.85 bits per heavy atom. The molecule has 0 N–H and O–H groups in total. The lowest BCUT2D eigenvalue weighted by Gasteiger charge is -2.16. The van der Waals surface area contributed by atoms with Crippen LogP contribution in [0.5, 0.6) is 0 Å². The van der Waals surface area contributed by atoms with Gasteiger partial charge in [0.25, 0.3) is 5.56 Å². The quantitative estimate of drug-likeness (QED) is 0.600. The van der Waals surface area contributed by atoms with Crippen LogP contribution in [0.15, 0.2) is 33.1 Å². The number of nitrogens with zero attached hydrogens (tertiary/aromatic N) is 3. The largest absolute Gasteiger partial charge is 0.462 e. The maximum absolute atomic E-state index is 12.8. The Morgan fingerprint density at radius 1 is 1.41 bits per heavy atom. The van der Waals surface area contributed by atoms with Gasteiger partial charge in [-0.2, -0.15) is 0 Å². The van der Waals surface area contributed by atoms with E-state index in [9.17, 15) is 14.4 Å². The first-order valence-corrected chi connectivity index (χ1v) is 9.22. The Hall–Kier alpha value is -2.94. The van der Waals surface area contributed by atoms with E-state index in [0.29, 0.717) is 6.54 Å². The highest BCUT2D eigenvalue weighted by atomic mass is 32.1. The van der Waals surface area contributed by atoms with Gasteiger partial charge in [0, 0.05) is 11.9 Å². The van der Waals surface area contributed by atoms with Crippen LogP contribution in [-0.2, 0) is 22.6 Å². The number of esters is 1. The van der Waals surface area contributed by atoms with Gasteiger partial charge < -0.3 is 14.1 Å². The number of aromatic nitrogens is 2. The highest BCUT2D eigenvalue weighted by Crippen LogP contribution is 2.21. The van der Waals surface area contributed by atoms with Gasteiger partial charge in [-0.05, 0) is 25.3 Å². The number of carbonyl (C=O) groups excluding carboxylic acids is 2. The van der Waals surface area contributed by atoms with E-state index in [-0.39, 0.29) is 41.5 Å². The molecule has 0 aliphatic heterocycles. The fraction of sp³-hybridized carbons (Fsp3) is 0.333. The monoisotopic (exact) mass is 389 g/mol. The number of ether oxygens (including phenoxy) is 1. The first-order chi connectivity index (χ1) is 12.9. The van der Waals surface area contributed by atoms with Crippen molar-refractivity contribution in [1.29, 1.82) is 0 Å². The molecule has 0 aliphatic carbocycles. The van der Waals surface area contributed by atoms with Crippen LogP contribution in [0.4, 0.5) is 0 Å². The van der Waals surface area contributed by atoms with Crippen LogP contribution in [0.3, 0.4) is 0 Å². The van der Waals surface area contributed by atoms with Crippen molar-refractivity contribution in [2.75, 3.05) is 13.7 Å². The van der Waals surface area contributed by atoms with Crippen LogP contribution in [0.1, 0.15) is 27.9 Å². The lowest BCUT2D eigenvalue weighted by molar-refractivity contribution is -0.131. The van der Waals surface area contributed by atoms with Crippen LogP contribution < -0.4 is 5.56 Å². The minimum Gasteiger partial charge on any atom is -0.462 e. The normalized spacial score (nSPS) is 10.9. The number of thiophene rings is 1. The summed E-state index contributed by atoms with van der Waals surface area (Å²) in [5, 5.41) is 1.97. The number of hydrogen-bond donors (Lipinski definition) is 0. The number of furan rings is 1. The van der Waals surface area contributed by atoms with Gasteiger partial charge in [-0.1, -0.05) is 6.07 Å². The van der Waals surface area contributed by atoms with Crippen molar-refractivity contribution in [3.8, 4) is 0 Å². The molecule has 0 aliphatic rings. The average molecular weight is 389 g/mol. The van der Waals surface area contributed by atoms with Crippen molar-refractivity contribution >= 4 is 34.3 Å². The fourth-order valence-corrected chi connectivity index (χ4v) is 3.45. The zero-order chi connectivity index (χ0) is 19.6. The third-order valence-corrected chi connectivity index (χ3v) is 4.90. The predicted molar refractivity (Wildman–Crippen MR) is 99.8 cm³/mol. The first kappa shape index (κ1) is 18.8. The molecule has 8 nitrogen and oxygen atoms in total. The lowest BCUT2D eigenvalue weighted by Crippen LogP contribution is -2.33. The molecule has 0 bridgehead atoms. The predicted octanol–water partition coefficient (Wildman–Crippen LogP) is 2.19. The second-order valence-corrected chi connectivity index (χ2v) is 6.97.